The lowest BCUT2D eigenvalue weighted by Crippen LogP contribution is -2.19. The Labute approximate surface area is 109 Å². The lowest BCUT2D eigenvalue weighted by atomic mass is 9.97. The monoisotopic (exact) mass is 252 g/mol. The highest BCUT2D eigenvalue weighted by Gasteiger charge is 2.31. The highest BCUT2D eigenvalue weighted by Crippen LogP contribution is 2.33. The Morgan fingerprint density at radius 2 is 2.33 bits per heavy atom. The zero-order valence-electron chi connectivity index (χ0n) is 11.6. The summed E-state index contributed by atoms with van der Waals surface area (Å²) >= 11 is 0. The highest BCUT2D eigenvalue weighted by atomic mass is 16.5. The van der Waals surface area contributed by atoms with Crippen molar-refractivity contribution in [1.82, 2.24) is 10.3 Å². The fourth-order valence-corrected chi connectivity index (χ4v) is 2.50. The fourth-order valence-electron chi connectivity index (χ4n) is 2.50. The van der Waals surface area contributed by atoms with Crippen LogP contribution in [0.15, 0.2) is 10.6 Å². The maximum Gasteiger partial charge on any atom is 0.211 e. The number of aromatic nitrogens is 1. The van der Waals surface area contributed by atoms with Crippen LogP contribution >= 0.6 is 0 Å². The van der Waals surface area contributed by atoms with E-state index in [0.717, 1.165) is 44.1 Å². The number of hydrogen-bond acceptors (Lipinski definition) is 4. The molecule has 1 aromatic heterocycles. The van der Waals surface area contributed by atoms with Gasteiger partial charge in [-0.15, -0.1) is 0 Å². The van der Waals surface area contributed by atoms with Gasteiger partial charge in [0.05, 0.1) is 18.3 Å². The largest absolute Gasteiger partial charge is 0.444 e. The van der Waals surface area contributed by atoms with E-state index in [1.165, 1.54) is 0 Å². The molecule has 1 fully saturated rings. The average Bonchev–Trinajstić information content (AvgIpc) is 3.02. The van der Waals surface area contributed by atoms with Gasteiger partial charge in [-0.05, 0) is 32.7 Å². The van der Waals surface area contributed by atoms with E-state index in [0.29, 0.717) is 12.0 Å². The van der Waals surface area contributed by atoms with Gasteiger partial charge in [0.2, 0.25) is 5.89 Å². The minimum Gasteiger partial charge on any atom is -0.444 e. The number of ether oxygens (including phenoxy) is 1. The number of nitrogens with one attached hydrogen (secondary N) is 1. The van der Waals surface area contributed by atoms with Crippen LogP contribution in [-0.2, 0) is 4.74 Å². The molecule has 0 amide bonds. The molecule has 3 atom stereocenters. The minimum atomic E-state index is 0.182. The third kappa shape index (κ3) is 2.93. The summed E-state index contributed by atoms with van der Waals surface area (Å²) in [6, 6.07) is 0.182. The molecule has 0 aliphatic carbocycles. The molecule has 4 nitrogen and oxygen atoms in total. The van der Waals surface area contributed by atoms with Crippen molar-refractivity contribution in [2.75, 3.05) is 13.2 Å². The molecule has 0 spiro atoms. The van der Waals surface area contributed by atoms with Gasteiger partial charge in [0.15, 0.2) is 0 Å². The van der Waals surface area contributed by atoms with Crippen LogP contribution in [0.3, 0.4) is 0 Å². The molecule has 0 bridgehead atoms. The van der Waals surface area contributed by atoms with Crippen molar-refractivity contribution >= 4 is 0 Å². The Kier molecular flexibility index (Phi) is 4.78. The molecule has 1 saturated heterocycles. The molecular formula is C14H24N2O2. The van der Waals surface area contributed by atoms with Gasteiger partial charge in [-0.2, -0.15) is 0 Å². The van der Waals surface area contributed by atoms with E-state index in [-0.39, 0.29) is 6.04 Å². The Balaban J connectivity index is 2.01. The summed E-state index contributed by atoms with van der Waals surface area (Å²) in [7, 11) is 0. The van der Waals surface area contributed by atoms with E-state index in [9.17, 15) is 0 Å². The van der Waals surface area contributed by atoms with Gasteiger partial charge in [-0.3, -0.25) is 0 Å². The Morgan fingerprint density at radius 1 is 1.50 bits per heavy atom. The third-order valence-corrected chi connectivity index (χ3v) is 3.59. The first-order valence-corrected chi connectivity index (χ1v) is 7.06. The van der Waals surface area contributed by atoms with E-state index < -0.39 is 0 Å². The Bertz CT molecular complexity index is 364. The summed E-state index contributed by atoms with van der Waals surface area (Å²) in [5, 5.41) is 3.39. The lowest BCUT2D eigenvalue weighted by Gasteiger charge is -2.14. The fraction of sp³-hybridized carbons (Fsp3) is 0.786. The van der Waals surface area contributed by atoms with Gasteiger partial charge >= 0.3 is 0 Å². The second-order valence-corrected chi connectivity index (χ2v) is 4.99. The number of rotatable bonds is 6. The standard InChI is InChI=1S/C14H24N2O2/c1-4-7-15-10(3)14-16-9-13(18-14)11-6-8-17-12(11)5-2/h9-12,15H,4-8H2,1-3H3. The van der Waals surface area contributed by atoms with Crippen LogP contribution in [0.25, 0.3) is 0 Å². The van der Waals surface area contributed by atoms with Gasteiger partial charge in [-0.25, -0.2) is 4.98 Å². The second kappa shape index (κ2) is 6.34. The quantitative estimate of drug-likeness (QED) is 0.845. The summed E-state index contributed by atoms with van der Waals surface area (Å²) in [4.78, 5) is 4.40. The predicted octanol–water partition coefficient (Wildman–Crippen LogP) is 3.02. The number of hydrogen-bond donors (Lipinski definition) is 1. The molecule has 2 heterocycles. The van der Waals surface area contributed by atoms with Gasteiger partial charge < -0.3 is 14.5 Å². The van der Waals surface area contributed by atoms with E-state index >= 15 is 0 Å². The average molecular weight is 252 g/mol. The number of nitrogens with zero attached hydrogens (tertiary/aromatic N) is 1. The highest BCUT2D eigenvalue weighted by molar-refractivity contribution is 5.07. The summed E-state index contributed by atoms with van der Waals surface area (Å²) in [6.07, 6.45) is 5.37. The third-order valence-electron chi connectivity index (χ3n) is 3.59. The second-order valence-electron chi connectivity index (χ2n) is 4.99. The van der Waals surface area contributed by atoms with Crippen molar-refractivity contribution in [3.8, 4) is 0 Å². The summed E-state index contributed by atoms with van der Waals surface area (Å²) < 4.78 is 11.6. The first kappa shape index (κ1) is 13.6. The molecule has 0 radical (unpaired) electrons. The molecule has 1 aliphatic heterocycles. The maximum atomic E-state index is 5.90. The van der Waals surface area contributed by atoms with Crippen molar-refractivity contribution in [3.05, 3.63) is 17.8 Å². The van der Waals surface area contributed by atoms with Crippen molar-refractivity contribution in [2.24, 2.45) is 0 Å². The molecule has 1 N–H and O–H groups in total. The Morgan fingerprint density at radius 3 is 3.06 bits per heavy atom. The van der Waals surface area contributed by atoms with Crippen LogP contribution in [0.4, 0.5) is 0 Å². The molecule has 18 heavy (non-hydrogen) atoms. The SMILES string of the molecule is CCCNC(C)c1ncc(C2CCOC2CC)o1. The molecule has 2 rings (SSSR count). The predicted molar refractivity (Wildman–Crippen MR) is 70.6 cm³/mol. The van der Waals surface area contributed by atoms with Crippen LogP contribution in [-0.4, -0.2) is 24.2 Å². The van der Waals surface area contributed by atoms with Crippen LogP contribution < -0.4 is 5.32 Å². The number of oxazole rings is 1. The van der Waals surface area contributed by atoms with Gasteiger partial charge in [-0.1, -0.05) is 13.8 Å². The summed E-state index contributed by atoms with van der Waals surface area (Å²) in [5.41, 5.74) is 0. The first-order valence-electron chi connectivity index (χ1n) is 7.06. The molecule has 1 aliphatic rings. The summed E-state index contributed by atoms with van der Waals surface area (Å²) in [6.45, 7) is 8.23. The van der Waals surface area contributed by atoms with Crippen LogP contribution in [0.2, 0.25) is 0 Å². The van der Waals surface area contributed by atoms with Gasteiger partial charge in [0, 0.05) is 12.5 Å². The zero-order valence-corrected chi connectivity index (χ0v) is 11.6. The maximum absolute atomic E-state index is 5.90. The molecule has 0 saturated carbocycles. The summed E-state index contributed by atoms with van der Waals surface area (Å²) in [5.74, 6) is 2.16. The molecule has 4 heteroatoms. The molecule has 1 aromatic rings. The Hall–Kier alpha value is -0.870. The van der Waals surface area contributed by atoms with Crippen LogP contribution in [0.1, 0.15) is 63.6 Å². The van der Waals surface area contributed by atoms with Crippen molar-refractivity contribution < 1.29 is 9.15 Å². The van der Waals surface area contributed by atoms with E-state index in [1.807, 2.05) is 6.20 Å². The topological polar surface area (TPSA) is 47.3 Å². The van der Waals surface area contributed by atoms with E-state index in [1.54, 1.807) is 0 Å². The first-order chi connectivity index (χ1) is 8.76. The smallest absolute Gasteiger partial charge is 0.211 e. The lowest BCUT2D eigenvalue weighted by molar-refractivity contribution is 0.0970. The molecular weight excluding hydrogens is 228 g/mol. The van der Waals surface area contributed by atoms with Crippen molar-refractivity contribution in [1.29, 1.82) is 0 Å². The minimum absolute atomic E-state index is 0.182. The van der Waals surface area contributed by atoms with E-state index in [2.05, 4.69) is 31.1 Å². The van der Waals surface area contributed by atoms with Crippen LogP contribution in [0, 0.1) is 0 Å². The van der Waals surface area contributed by atoms with Crippen molar-refractivity contribution in [2.45, 2.75) is 58.1 Å². The van der Waals surface area contributed by atoms with Crippen LogP contribution in [0.5, 0.6) is 0 Å². The molecule has 3 unspecified atom stereocenters. The van der Waals surface area contributed by atoms with Crippen molar-refractivity contribution in [3.63, 3.8) is 0 Å². The van der Waals surface area contributed by atoms with Gasteiger partial charge in [0.25, 0.3) is 0 Å². The molecule has 0 aromatic carbocycles. The van der Waals surface area contributed by atoms with Gasteiger partial charge in [0.1, 0.15) is 5.76 Å². The zero-order chi connectivity index (χ0) is 13.0. The molecule has 102 valence electrons. The normalized spacial score (nSPS) is 25.5. The van der Waals surface area contributed by atoms with E-state index in [4.69, 9.17) is 9.15 Å².